The van der Waals surface area contributed by atoms with Crippen molar-refractivity contribution in [1.29, 1.82) is 0 Å². The quantitative estimate of drug-likeness (QED) is 0.842. The minimum atomic E-state index is -0.278. The second-order valence-corrected chi connectivity index (χ2v) is 5.00. The SMILES string of the molecule is CC(NCC1CCC1)c1ccc(F)cc1Cl. The van der Waals surface area contributed by atoms with Gasteiger partial charge in [-0.3, -0.25) is 0 Å². The average Bonchev–Trinajstić information content (AvgIpc) is 2.14. The molecule has 0 saturated heterocycles. The molecular formula is C13H17ClFN. The van der Waals surface area contributed by atoms with Gasteiger partial charge in [0.2, 0.25) is 0 Å². The Morgan fingerprint density at radius 1 is 1.50 bits per heavy atom. The van der Waals surface area contributed by atoms with E-state index in [2.05, 4.69) is 12.2 Å². The molecule has 16 heavy (non-hydrogen) atoms. The van der Waals surface area contributed by atoms with Crippen LogP contribution in [0.4, 0.5) is 4.39 Å². The van der Waals surface area contributed by atoms with E-state index in [9.17, 15) is 4.39 Å². The van der Waals surface area contributed by atoms with Crippen molar-refractivity contribution in [2.45, 2.75) is 32.2 Å². The van der Waals surface area contributed by atoms with Gasteiger partial charge in [-0.25, -0.2) is 4.39 Å². The van der Waals surface area contributed by atoms with Crippen LogP contribution in [0, 0.1) is 11.7 Å². The van der Waals surface area contributed by atoms with Crippen LogP contribution < -0.4 is 5.32 Å². The number of halogens is 2. The monoisotopic (exact) mass is 241 g/mol. The molecule has 3 heteroatoms. The smallest absolute Gasteiger partial charge is 0.124 e. The molecule has 1 aromatic rings. The van der Waals surface area contributed by atoms with E-state index in [0.717, 1.165) is 18.0 Å². The van der Waals surface area contributed by atoms with E-state index >= 15 is 0 Å². The predicted molar refractivity (Wildman–Crippen MR) is 65.2 cm³/mol. The highest BCUT2D eigenvalue weighted by molar-refractivity contribution is 6.31. The van der Waals surface area contributed by atoms with E-state index < -0.39 is 0 Å². The molecule has 1 aliphatic rings. The van der Waals surface area contributed by atoms with E-state index in [1.54, 1.807) is 6.07 Å². The first kappa shape index (κ1) is 11.9. The van der Waals surface area contributed by atoms with Crippen molar-refractivity contribution in [3.8, 4) is 0 Å². The molecule has 1 unspecified atom stereocenters. The molecule has 0 amide bonds. The Balaban J connectivity index is 1.93. The van der Waals surface area contributed by atoms with Crippen molar-refractivity contribution in [1.82, 2.24) is 5.32 Å². The molecule has 0 bridgehead atoms. The maximum Gasteiger partial charge on any atom is 0.124 e. The molecule has 1 aliphatic carbocycles. The van der Waals surface area contributed by atoms with Crippen LogP contribution in [-0.4, -0.2) is 6.54 Å². The Hall–Kier alpha value is -0.600. The summed E-state index contributed by atoms with van der Waals surface area (Å²) in [5.41, 5.74) is 0.974. The van der Waals surface area contributed by atoms with Gasteiger partial charge in [0.1, 0.15) is 5.82 Å². The van der Waals surface area contributed by atoms with Crippen molar-refractivity contribution in [2.24, 2.45) is 5.92 Å². The van der Waals surface area contributed by atoms with Crippen LogP contribution in [0.1, 0.15) is 37.8 Å². The maximum atomic E-state index is 12.9. The Morgan fingerprint density at radius 3 is 2.81 bits per heavy atom. The lowest BCUT2D eigenvalue weighted by Crippen LogP contribution is -2.29. The van der Waals surface area contributed by atoms with Gasteiger partial charge in [-0.1, -0.05) is 24.1 Å². The molecule has 1 saturated carbocycles. The lowest BCUT2D eigenvalue weighted by molar-refractivity contribution is 0.292. The summed E-state index contributed by atoms with van der Waals surface area (Å²) in [4.78, 5) is 0. The summed E-state index contributed by atoms with van der Waals surface area (Å²) in [6, 6.07) is 4.78. The molecule has 1 aromatic carbocycles. The molecule has 0 aromatic heterocycles. The Labute approximate surface area is 101 Å². The first-order valence-corrected chi connectivity index (χ1v) is 6.23. The van der Waals surface area contributed by atoms with Gasteiger partial charge >= 0.3 is 0 Å². The fourth-order valence-electron chi connectivity index (χ4n) is 2.00. The second kappa shape index (κ2) is 5.15. The zero-order valence-corrected chi connectivity index (χ0v) is 10.2. The third-order valence-electron chi connectivity index (χ3n) is 3.37. The molecule has 0 aliphatic heterocycles. The third kappa shape index (κ3) is 2.74. The molecule has 0 spiro atoms. The van der Waals surface area contributed by atoms with Gasteiger partial charge in [-0.2, -0.15) is 0 Å². The van der Waals surface area contributed by atoms with Gasteiger partial charge in [0, 0.05) is 11.1 Å². The minimum absolute atomic E-state index is 0.189. The van der Waals surface area contributed by atoms with E-state index in [1.165, 1.54) is 31.4 Å². The third-order valence-corrected chi connectivity index (χ3v) is 3.69. The topological polar surface area (TPSA) is 12.0 Å². The second-order valence-electron chi connectivity index (χ2n) is 4.59. The zero-order chi connectivity index (χ0) is 11.5. The largest absolute Gasteiger partial charge is 0.310 e. The van der Waals surface area contributed by atoms with Gasteiger partial charge in [0.15, 0.2) is 0 Å². The van der Waals surface area contributed by atoms with Crippen LogP contribution in [0.15, 0.2) is 18.2 Å². The fourth-order valence-corrected chi connectivity index (χ4v) is 2.33. The first-order valence-electron chi connectivity index (χ1n) is 5.85. The van der Waals surface area contributed by atoms with Gasteiger partial charge in [-0.15, -0.1) is 0 Å². The Bertz CT molecular complexity index is 363. The van der Waals surface area contributed by atoms with Crippen LogP contribution in [-0.2, 0) is 0 Å². The van der Waals surface area contributed by atoms with E-state index in [-0.39, 0.29) is 11.9 Å². The van der Waals surface area contributed by atoms with Crippen LogP contribution in [0.2, 0.25) is 5.02 Å². The van der Waals surface area contributed by atoms with Crippen molar-refractivity contribution >= 4 is 11.6 Å². The van der Waals surface area contributed by atoms with Crippen LogP contribution >= 0.6 is 11.6 Å². The standard InChI is InChI=1S/C13H17ClFN/c1-9(16-8-10-3-2-4-10)12-6-5-11(15)7-13(12)14/h5-7,9-10,16H,2-4,8H2,1H3. The summed E-state index contributed by atoms with van der Waals surface area (Å²) in [5, 5.41) is 3.96. The fraction of sp³-hybridized carbons (Fsp3) is 0.538. The summed E-state index contributed by atoms with van der Waals surface area (Å²) in [6.07, 6.45) is 4.02. The number of benzene rings is 1. The number of nitrogens with one attached hydrogen (secondary N) is 1. The number of hydrogen-bond donors (Lipinski definition) is 1. The van der Waals surface area contributed by atoms with Crippen molar-refractivity contribution in [3.05, 3.63) is 34.6 Å². The van der Waals surface area contributed by atoms with E-state index in [1.807, 2.05) is 0 Å². The average molecular weight is 242 g/mol. The van der Waals surface area contributed by atoms with E-state index in [0.29, 0.717) is 5.02 Å². The van der Waals surface area contributed by atoms with Gasteiger partial charge in [0.05, 0.1) is 0 Å². The highest BCUT2D eigenvalue weighted by atomic mass is 35.5. The minimum Gasteiger partial charge on any atom is -0.310 e. The van der Waals surface area contributed by atoms with Gasteiger partial charge in [0.25, 0.3) is 0 Å². The lowest BCUT2D eigenvalue weighted by Gasteiger charge is -2.27. The maximum absolute atomic E-state index is 12.9. The summed E-state index contributed by atoms with van der Waals surface area (Å²) < 4.78 is 12.9. The molecule has 1 N–H and O–H groups in total. The lowest BCUT2D eigenvalue weighted by atomic mass is 9.85. The highest BCUT2D eigenvalue weighted by Gasteiger charge is 2.18. The molecule has 0 radical (unpaired) electrons. The van der Waals surface area contributed by atoms with Crippen LogP contribution in [0.3, 0.4) is 0 Å². The Kier molecular flexibility index (Phi) is 3.82. The summed E-state index contributed by atoms with van der Waals surface area (Å²) in [7, 11) is 0. The molecule has 2 rings (SSSR count). The summed E-state index contributed by atoms with van der Waals surface area (Å²) >= 11 is 6.01. The molecule has 88 valence electrons. The Morgan fingerprint density at radius 2 is 2.25 bits per heavy atom. The zero-order valence-electron chi connectivity index (χ0n) is 9.47. The van der Waals surface area contributed by atoms with Crippen LogP contribution in [0.5, 0.6) is 0 Å². The normalized spacial score (nSPS) is 18.2. The molecule has 1 nitrogen and oxygen atoms in total. The molecule has 1 fully saturated rings. The highest BCUT2D eigenvalue weighted by Crippen LogP contribution is 2.27. The predicted octanol–water partition coefficient (Wildman–Crippen LogP) is 3.93. The first-order chi connectivity index (χ1) is 7.66. The van der Waals surface area contributed by atoms with Crippen LogP contribution in [0.25, 0.3) is 0 Å². The summed E-state index contributed by atoms with van der Waals surface area (Å²) in [6.45, 7) is 3.10. The van der Waals surface area contributed by atoms with E-state index in [4.69, 9.17) is 11.6 Å². The van der Waals surface area contributed by atoms with Crippen molar-refractivity contribution < 1.29 is 4.39 Å². The summed E-state index contributed by atoms with van der Waals surface area (Å²) in [5.74, 6) is 0.543. The molecule has 0 heterocycles. The molecular weight excluding hydrogens is 225 g/mol. The number of hydrogen-bond acceptors (Lipinski definition) is 1. The van der Waals surface area contributed by atoms with Gasteiger partial charge in [-0.05, 0) is 49.9 Å². The molecule has 1 atom stereocenters. The number of rotatable bonds is 4. The van der Waals surface area contributed by atoms with Crippen molar-refractivity contribution in [2.75, 3.05) is 6.54 Å². The van der Waals surface area contributed by atoms with Gasteiger partial charge < -0.3 is 5.32 Å². The van der Waals surface area contributed by atoms with Crippen molar-refractivity contribution in [3.63, 3.8) is 0 Å².